The number of benzene rings is 1. The fraction of sp³-hybridized carbons (Fsp3) is 0.250. The van der Waals surface area contributed by atoms with Crippen LogP contribution in [0.4, 0.5) is 5.82 Å². The Morgan fingerprint density at radius 3 is 2.86 bits per heavy atom. The zero-order valence-electron chi connectivity index (χ0n) is 16.0. The lowest BCUT2D eigenvalue weighted by Gasteiger charge is -2.19. The first-order valence-corrected chi connectivity index (χ1v) is 9.84. The van der Waals surface area contributed by atoms with Gasteiger partial charge in [0.2, 0.25) is 5.91 Å². The summed E-state index contributed by atoms with van der Waals surface area (Å²) in [5.41, 5.74) is 5.72. The van der Waals surface area contributed by atoms with E-state index in [0.717, 1.165) is 55.9 Å². The summed E-state index contributed by atoms with van der Waals surface area (Å²) in [6, 6.07) is 12.5. The van der Waals surface area contributed by atoms with E-state index in [-0.39, 0.29) is 5.91 Å². The predicted octanol–water partition coefficient (Wildman–Crippen LogP) is 4.67. The highest BCUT2D eigenvalue weighted by molar-refractivity contribution is 5.92. The lowest BCUT2D eigenvalue weighted by molar-refractivity contribution is -0.125. The second kappa shape index (κ2) is 8.26. The first kappa shape index (κ1) is 18.2. The quantitative estimate of drug-likeness (QED) is 0.797. The van der Waals surface area contributed by atoms with Crippen molar-refractivity contribution in [3.05, 3.63) is 83.7 Å². The van der Waals surface area contributed by atoms with Gasteiger partial charge in [-0.2, -0.15) is 0 Å². The third kappa shape index (κ3) is 4.22. The molecule has 0 bridgehead atoms. The Labute approximate surface area is 166 Å². The number of rotatable bonds is 3. The number of amides is 1. The number of hydrogen-bond donors (Lipinski definition) is 1. The van der Waals surface area contributed by atoms with E-state index in [9.17, 15) is 4.79 Å². The normalized spacial score (nSPS) is 16.9. The number of hydrogen-bond acceptors (Lipinski definition) is 3. The Kier molecular flexibility index (Phi) is 5.38. The van der Waals surface area contributed by atoms with Gasteiger partial charge in [-0.25, -0.2) is 4.98 Å². The number of aromatic nitrogens is 1. The number of fused-ring (bicyclic) bond motifs is 1. The Balaban J connectivity index is 1.38. The first-order chi connectivity index (χ1) is 13.7. The van der Waals surface area contributed by atoms with E-state index in [1.54, 1.807) is 12.3 Å². The van der Waals surface area contributed by atoms with Crippen LogP contribution < -0.4 is 5.32 Å². The highest BCUT2D eigenvalue weighted by Crippen LogP contribution is 2.25. The maximum absolute atomic E-state index is 12.7. The van der Waals surface area contributed by atoms with E-state index in [1.807, 2.05) is 17.0 Å². The van der Waals surface area contributed by atoms with Crippen LogP contribution >= 0.6 is 0 Å². The molecule has 0 saturated carbocycles. The fourth-order valence-corrected chi connectivity index (χ4v) is 3.71. The zero-order valence-corrected chi connectivity index (χ0v) is 16.0. The third-order valence-electron chi connectivity index (χ3n) is 5.29. The van der Waals surface area contributed by atoms with Gasteiger partial charge in [0.1, 0.15) is 5.82 Å². The van der Waals surface area contributed by atoms with Crippen LogP contribution in [0.5, 0.6) is 0 Å². The monoisotopic (exact) mass is 371 g/mol. The Morgan fingerprint density at radius 2 is 2.00 bits per heavy atom. The highest BCUT2D eigenvalue weighted by atomic mass is 16.2. The van der Waals surface area contributed by atoms with Gasteiger partial charge in [-0.15, -0.1) is 0 Å². The zero-order chi connectivity index (χ0) is 19.3. The number of pyridine rings is 1. The molecule has 1 amide bonds. The summed E-state index contributed by atoms with van der Waals surface area (Å²) < 4.78 is 0. The van der Waals surface area contributed by atoms with Crippen molar-refractivity contribution in [1.82, 2.24) is 9.88 Å². The molecule has 0 fully saturated rings. The number of carbonyl (C=O) groups excluding carboxylic acids is 1. The lowest BCUT2D eigenvalue weighted by Crippen LogP contribution is -2.30. The molecule has 1 aromatic heterocycles. The number of nitrogens with zero attached hydrogens (tertiary/aromatic N) is 2. The molecular formula is C24H25N3O. The maximum atomic E-state index is 12.7. The Bertz CT molecular complexity index is 944. The SMILES string of the molecule is C=C1CCc2cc(/C=C/C(=O)N3CCC=C(c4ccccc4)CC3)cnc2N1. The van der Waals surface area contributed by atoms with Gasteiger partial charge in [-0.1, -0.05) is 43.0 Å². The first-order valence-electron chi connectivity index (χ1n) is 9.84. The summed E-state index contributed by atoms with van der Waals surface area (Å²) >= 11 is 0. The highest BCUT2D eigenvalue weighted by Gasteiger charge is 2.15. The number of aryl methyl sites for hydroxylation is 1. The molecule has 2 aromatic rings. The van der Waals surface area contributed by atoms with Crippen LogP contribution in [-0.4, -0.2) is 28.9 Å². The van der Waals surface area contributed by atoms with Crippen LogP contribution in [0.25, 0.3) is 11.6 Å². The number of carbonyl (C=O) groups is 1. The second-order valence-electron chi connectivity index (χ2n) is 7.30. The molecule has 0 aliphatic carbocycles. The average Bonchev–Trinajstić information content (AvgIpc) is 2.99. The van der Waals surface area contributed by atoms with E-state index < -0.39 is 0 Å². The molecule has 1 N–H and O–H groups in total. The lowest BCUT2D eigenvalue weighted by atomic mass is 10.0. The van der Waals surface area contributed by atoms with Gasteiger partial charge in [0.15, 0.2) is 0 Å². The third-order valence-corrected chi connectivity index (χ3v) is 5.29. The van der Waals surface area contributed by atoms with Crippen molar-refractivity contribution in [2.24, 2.45) is 0 Å². The van der Waals surface area contributed by atoms with Gasteiger partial charge < -0.3 is 10.2 Å². The molecular weight excluding hydrogens is 346 g/mol. The van der Waals surface area contributed by atoms with Crippen LogP contribution in [0.1, 0.15) is 36.0 Å². The molecule has 0 unspecified atom stereocenters. The minimum Gasteiger partial charge on any atom is -0.344 e. The average molecular weight is 371 g/mol. The number of anilines is 1. The van der Waals surface area contributed by atoms with Crippen molar-refractivity contribution in [3.8, 4) is 0 Å². The molecule has 0 atom stereocenters. The molecule has 2 aliphatic rings. The van der Waals surface area contributed by atoms with Crippen molar-refractivity contribution in [1.29, 1.82) is 0 Å². The minimum absolute atomic E-state index is 0.0620. The molecule has 0 radical (unpaired) electrons. The van der Waals surface area contributed by atoms with Crippen molar-refractivity contribution >= 4 is 23.4 Å². The summed E-state index contributed by atoms with van der Waals surface area (Å²) in [5.74, 6) is 0.943. The second-order valence-corrected chi connectivity index (χ2v) is 7.30. The van der Waals surface area contributed by atoms with E-state index in [1.165, 1.54) is 16.7 Å². The molecule has 4 nitrogen and oxygen atoms in total. The van der Waals surface area contributed by atoms with E-state index in [0.29, 0.717) is 0 Å². The molecule has 2 aliphatic heterocycles. The van der Waals surface area contributed by atoms with E-state index in [4.69, 9.17) is 0 Å². The molecule has 0 saturated heterocycles. The van der Waals surface area contributed by atoms with Gasteiger partial charge >= 0.3 is 0 Å². The van der Waals surface area contributed by atoms with Crippen LogP contribution in [0.3, 0.4) is 0 Å². The summed E-state index contributed by atoms with van der Waals surface area (Å²) in [6.07, 6.45) is 11.2. The largest absolute Gasteiger partial charge is 0.344 e. The van der Waals surface area contributed by atoms with Gasteiger partial charge in [0.05, 0.1) is 0 Å². The van der Waals surface area contributed by atoms with Crippen LogP contribution in [0.2, 0.25) is 0 Å². The van der Waals surface area contributed by atoms with E-state index in [2.05, 4.69) is 53.3 Å². The van der Waals surface area contributed by atoms with Crippen molar-refractivity contribution < 1.29 is 4.79 Å². The smallest absolute Gasteiger partial charge is 0.246 e. The number of allylic oxidation sites excluding steroid dienone is 1. The van der Waals surface area contributed by atoms with E-state index >= 15 is 0 Å². The molecule has 1 aromatic carbocycles. The summed E-state index contributed by atoms with van der Waals surface area (Å²) in [5, 5.41) is 3.22. The maximum Gasteiger partial charge on any atom is 0.246 e. The molecule has 0 spiro atoms. The number of nitrogens with one attached hydrogen (secondary N) is 1. The van der Waals surface area contributed by atoms with Gasteiger partial charge in [-0.3, -0.25) is 4.79 Å². The molecule has 4 rings (SSSR count). The molecule has 28 heavy (non-hydrogen) atoms. The van der Waals surface area contributed by atoms with Crippen molar-refractivity contribution in [2.45, 2.75) is 25.7 Å². The summed E-state index contributed by atoms with van der Waals surface area (Å²) in [6.45, 7) is 5.47. The van der Waals surface area contributed by atoms with Crippen molar-refractivity contribution in [3.63, 3.8) is 0 Å². The minimum atomic E-state index is 0.0620. The van der Waals surface area contributed by atoms with Crippen molar-refractivity contribution in [2.75, 3.05) is 18.4 Å². The van der Waals surface area contributed by atoms with Crippen LogP contribution in [-0.2, 0) is 11.2 Å². The Morgan fingerprint density at radius 1 is 1.14 bits per heavy atom. The fourth-order valence-electron chi connectivity index (χ4n) is 3.71. The molecule has 4 heteroatoms. The van der Waals surface area contributed by atoms with Gasteiger partial charge in [0.25, 0.3) is 0 Å². The molecule has 3 heterocycles. The van der Waals surface area contributed by atoms with Crippen LogP contribution in [0.15, 0.2) is 67.0 Å². The predicted molar refractivity (Wildman–Crippen MR) is 115 cm³/mol. The van der Waals surface area contributed by atoms with Crippen LogP contribution in [0, 0.1) is 0 Å². The van der Waals surface area contributed by atoms with Gasteiger partial charge in [-0.05, 0) is 60.1 Å². The standard InChI is InChI=1S/C24H25N3O/c1-18-9-11-22-16-19(17-25-24(22)26-18)10-12-23(28)27-14-5-8-21(13-15-27)20-6-3-2-4-7-20/h2-4,6-8,10,12,16-17H,1,5,9,11,13-15H2,(H,25,26)/b12-10+. The summed E-state index contributed by atoms with van der Waals surface area (Å²) in [7, 11) is 0. The molecule has 142 valence electrons. The summed E-state index contributed by atoms with van der Waals surface area (Å²) in [4.78, 5) is 19.1. The topological polar surface area (TPSA) is 45.2 Å². The van der Waals surface area contributed by atoms with Gasteiger partial charge in [0, 0.05) is 31.1 Å². The Hall–Kier alpha value is -3.14.